The smallest absolute Gasteiger partial charge is 0.235 e. The van der Waals surface area contributed by atoms with E-state index in [0.29, 0.717) is 12.5 Å². The number of nitrogens with zero attached hydrogens (tertiary/aromatic N) is 1. The fourth-order valence-electron chi connectivity index (χ4n) is 2.99. The molecule has 2 aromatic rings. The average molecular weight is 417 g/mol. The van der Waals surface area contributed by atoms with E-state index in [1.54, 1.807) is 0 Å². The Morgan fingerprint density at radius 2 is 1.59 bits per heavy atom. The van der Waals surface area contributed by atoms with Crippen molar-refractivity contribution in [3.05, 3.63) is 70.8 Å². The average Bonchev–Trinajstić information content (AvgIpc) is 2.66. The largest absolute Gasteiger partial charge is 0.355 e. The Kier molecular flexibility index (Phi) is 8.41. The van der Waals surface area contributed by atoms with Gasteiger partial charge in [0, 0.05) is 13.1 Å². The van der Waals surface area contributed by atoms with Crippen molar-refractivity contribution < 1.29 is 13.2 Å². The predicted molar refractivity (Wildman–Crippen MR) is 118 cm³/mol. The molecule has 0 unspecified atom stereocenters. The molecule has 0 fully saturated rings. The van der Waals surface area contributed by atoms with Gasteiger partial charge in [-0.2, -0.15) is 4.31 Å². The van der Waals surface area contributed by atoms with E-state index in [9.17, 15) is 13.2 Å². The van der Waals surface area contributed by atoms with Crippen molar-refractivity contribution in [1.29, 1.82) is 0 Å². The van der Waals surface area contributed by atoms with Gasteiger partial charge in [-0.1, -0.05) is 67.9 Å². The molecule has 0 saturated carbocycles. The Bertz CT molecular complexity index is 889. The van der Waals surface area contributed by atoms with Crippen LogP contribution >= 0.6 is 0 Å². The lowest BCUT2D eigenvalue weighted by Gasteiger charge is -2.19. The molecule has 29 heavy (non-hydrogen) atoms. The van der Waals surface area contributed by atoms with Gasteiger partial charge in [-0.15, -0.1) is 0 Å². The Morgan fingerprint density at radius 3 is 2.14 bits per heavy atom. The lowest BCUT2D eigenvalue weighted by molar-refractivity contribution is -0.121. The van der Waals surface area contributed by atoms with Gasteiger partial charge >= 0.3 is 0 Å². The number of carbonyl (C=O) groups is 1. The molecule has 2 aromatic carbocycles. The Hall–Kier alpha value is -2.18. The summed E-state index contributed by atoms with van der Waals surface area (Å²) in [6.07, 6.45) is 2.82. The standard InChI is InChI=1S/C23H32N2O3S/c1-18(2)22-13-11-20(12-14-22)6-5-15-24-23(26)17-25(29(4,27)28)16-21-9-7-19(3)8-10-21/h7-14,18H,5-6,15-17H2,1-4H3,(H,24,26). The van der Waals surface area contributed by atoms with Crippen molar-refractivity contribution in [2.24, 2.45) is 0 Å². The SMILES string of the molecule is Cc1ccc(CN(CC(=O)NCCCc2ccc(C(C)C)cc2)S(C)(=O)=O)cc1. The number of sulfonamides is 1. The molecule has 1 amide bonds. The molecule has 0 aliphatic carbocycles. The Balaban J connectivity index is 1.81. The molecule has 0 aliphatic rings. The predicted octanol–water partition coefficient (Wildman–Crippen LogP) is 3.63. The highest BCUT2D eigenvalue weighted by Crippen LogP contribution is 2.15. The molecule has 2 rings (SSSR count). The van der Waals surface area contributed by atoms with Gasteiger partial charge in [-0.25, -0.2) is 8.42 Å². The van der Waals surface area contributed by atoms with E-state index < -0.39 is 10.0 Å². The summed E-state index contributed by atoms with van der Waals surface area (Å²) in [5.74, 6) is 0.235. The Labute approximate surface area is 175 Å². The molecular formula is C23H32N2O3S. The van der Waals surface area contributed by atoms with Crippen molar-refractivity contribution in [2.75, 3.05) is 19.3 Å². The second-order valence-electron chi connectivity index (χ2n) is 7.87. The third kappa shape index (κ3) is 7.99. The molecule has 0 saturated heterocycles. The van der Waals surface area contributed by atoms with Crippen LogP contribution in [-0.2, 0) is 27.8 Å². The first kappa shape index (κ1) is 23.1. The minimum atomic E-state index is -3.48. The summed E-state index contributed by atoms with van der Waals surface area (Å²) in [7, 11) is -3.48. The summed E-state index contributed by atoms with van der Waals surface area (Å²) in [6.45, 7) is 6.86. The third-order valence-electron chi connectivity index (χ3n) is 4.88. The van der Waals surface area contributed by atoms with Gasteiger partial charge in [-0.05, 0) is 42.4 Å². The number of carbonyl (C=O) groups excluding carboxylic acids is 1. The first-order valence-corrected chi connectivity index (χ1v) is 11.9. The fourth-order valence-corrected chi connectivity index (χ4v) is 3.73. The number of hydrogen-bond acceptors (Lipinski definition) is 3. The monoisotopic (exact) mass is 416 g/mol. The van der Waals surface area contributed by atoms with E-state index in [1.165, 1.54) is 15.4 Å². The van der Waals surface area contributed by atoms with Crippen LogP contribution in [0.1, 0.15) is 48.4 Å². The minimum absolute atomic E-state index is 0.171. The first-order chi connectivity index (χ1) is 13.6. The van der Waals surface area contributed by atoms with Crippen molar-refractivity contribution in [3.63, 3.8) is 0 Å². The topological polar surface area (TPSA) is 66.5 Å². The minimum Gasteiger partial charge on any atom is -0.355 e. The van der Waals surface area contributed by atoms with E-state index in [4.69, 9.17) is 0 Å². The van der Waals surface area contributed by atoms with E-state index in [2.05, 4.69) is 43.4 Å². The molecule has 158 valence electrons. The number of benzene rings is 2. The molecule has 6 heteroatoms. The van der Waals surface area contributed by atoms with Crippen LogP contribution in [0, 0.1) is 6.92 Å². The zero-order valence-electron chi connectivity index (χ0n) is 17.8. The third-order valence-corrected chi connectivity index (χ3v) is 6.08. The highest BCUT2D eigenvalue weighted by molar-refractivity contribution is 7.88. The van der Waals surface area contributed by atoms with Crippen LogP contribution < -0.4 is 5.32 Å². The van der Waals surface area contributed by atoms with Gasteiger partial charge in [0.1, 0.15) is 0 Å². The van der Waals surface area contributed by atoms with Gasteiger partial charge in [0.25, 0.3) is 0 Å². The van der Waals surface area contributed by atoms with Crippen LogP contribution in [0.5, 0.6) is 0 Å². The van der Waals surface area contributed by atoms with Crippen molar-refractivity contribution in [1.82, 2.24) is 9.62 Å². The van der Waals surface area contributed by atoms with Gasteiger partial charge in [0.05, 0.1) is 12.8 Å². The zero-order chi connectivity index (χ0) is 21.4. The van der Waals surface area contributed by atoms with Gasteiger partial charge in [0.15, 0.2) is 0 Å². The molecule has 0 heterocycles. The summed E-state index contributed by atoms with van der Waals surface area (Å²) in [5.41, 5.74) is 4.52. The van der Waals surface area contributed by atoms with Crippen LogP contribution in [0.3, 0.4) is 0 Å². The Morgan fingerprint density at radius 1 is 1.00 bits per heavy atom. The highest BCUT2D eigenvalue weighted by atomic mass is 32.2. The van der Waals surface area contributed by atoms with Crippen LogP contribution in [0.2, 0.25) is 0 Å². The number of amides is 1. The maximum atomic E-state index is 12.3. The summed E-state index contributed by atoms with van der Waals surface area (Å²) >= 11 is 0. The van der Waals surface area contributed by atoms with Crippen molar-refractivity contribution in [2.45, 2.75) is 46.1 Å². The molecule has 0 bridgehead atoms. The van der Waals surface area contributed by atoms with Gasteiger partial charge < -0.3 is 5.32 Å². The molecule has 1 N–H and O–H groups in total. The summed E-state index contributed by atoms with van der Waals surface area (Å²) in [4.78, 5) is 12.3. The van der Waals surface area contributed by atoms with E-state index in [1.807, 2.05) is 31.2 Å². The lowest BCUT2D eigenvalue weighted by Crippen LogP contribution is -2.40. The molecule has 0 aromatic heterocycles. The highest BCUT2D eigenvalue weighted by Gasteiger charge is 2.20. The number of rotatable bonds is 10. The molecule has 5 nitrogen and oxygen atoms in total. The number of hydrogen-bond donors (Lipinski definition) is 1. The van der Waals surface area contributed by atoms with Gasteiger partial charge in [0.2, 0.25) is 15.9 Å². The quantitative estimate of drug-likeness (QED) is 0.602. The lowest BCUT2D eigenvalue weighted by atomic mass is 10.0. The molecule has 0 atom stereocenters. The fraction of sp³-hybridized carbons (Fsp3) is 0.435. The molecule has 0 aliphatic heterocycles. The first-order valence-electron chi connectivity index (χ1n) is 10.0. The molecule has 0 radical (unpaired) electrons. The van der Waals surface area contributed by atoms with Crippen molar-refractivity contribution in [3.8, 4) is 0 Å². The van der Waals surface area contributed by atoms with Crippen LogP contribution in [0.25, 0.3) is 0 Å². The van der Waals surface area contributed by atoms with E-state index >= 15 is 0 Å². The van der Waals surface area contributed by atoms with Crippen LogP contribution in [0.15, 0.2) is 48.5 Å². The van der Waals surface area contributed by atoms with Crippen LogP contribution in [-0.4, -0.2) is 38.0 Å². The summed E-state index contributed by atoms with van der Waals surface area (Å²) in [6, 6.07) is 16.2. The van der Waals surface area contributed by atoms with E-state index in [0.717, 1.165) is 30.2 Å². The van der Waals surface area contributed by atoms with Crippen molar-refractivity contribution >= 4 is 15.9 Å². The summed E-state index contributed by atoms with van der Waals surface area (Å²) < 4.78 is 25.4. The maximum Gasteiger partial charge on any atom is 0.235 e. The van der Waals surface area contributed by atoms with Crippen LogP contribution in [0.4, 0.5) is 0 Å². The molecule has 0 spiro atoms. The number of aryl methyl sites for hydroxylation is 2. The second-order valence-corrected chi connectivity index (χ2v) is 9.85. The normalized spacial score (nSPS) is 11.8. The molecular weight excluding hydrogens is 384 g/mol. The summed E-state index contributed by atoms with van der Waals surface area (Å²) in [5, 5.41) is 2.83. The zero-order valence-corrected chi connectivity index (χ0v) is 18.6. The van der Waals surface area contributed by atoms with Gasteiger partial charge in [-0.3, -0.25) is 4.79 Å². The second kappa shape index (κ2) is 10.6. The van der Waals surface area contributed by atoms with E-state index in [-0.39, 0.29) is 19.0 Å². The number of nitrogens with one attached hydrogen (secondary N) is 1. The maximum absolute atomic E-state index is 12.3.